The summed E-state index contributed by atoms with van der Waals surface area (Å²) in [6.07, 6.45) is 0.0631. The summed E-state index contributed by atoms with van der Waals surface area (Å²) >= 11 is 0. The molecule has 0 bridgehead atoms. The molecule has 0 radical (unpaired) electrons. The minimum absolute atomic E-state index is 0.0507. The van der Waals surface area contributed by atoms with E-state index in [1.165, 1.54) is 9.87 Å². The molecule has 7 nitrogen and oxygen atoms in total. The van der Waals surface area contributed by atoms with Gasteiger partial charge in [0.2, 0.25) is 15.9 Å². The van der Waals surface area contributed by atoms with Crippen LogP contribution >= 0.6 is 0 Å². The van der Waals surface area contributed by atoms with Crippen molar-refractivity contribution in [3.05, 3.63) is 96.1 Å². The lowest BCUT2D eigenvalue weighted by Gasteiger charge is -2.36. The average Bonchev–Trinajstić information content (AvgIpc) is 2.93. The quantitative estimate of drug-likeness (QED) is 0.441. The lowest BCUT2D eigenvalue weighted by molar-refractivity contribution is -0.134. The second-order valence-electron chi connectivity index (χ2n) is 8.97. The smallest absolute Gasteiger partial charge is 0.243 e. The number of piperazine rings is 1. The predicted molar refractivity (Wildman–Crippen MR) is 140 cm³/mol. The number of methoxy groups -OCH3 is 1. The third-order valence-corrected chi connectivity index (χ3v) is 8.58. The molecule has 1 saturated heterocycles. The summed E-state index contributed by atoms with van der Waals surface area (Å²) in [5.41, 5.74) is 2.00. The second kappa shape index (κ2) is 11.7. The standard InChI is InChI=1S/C28H33N3O4S/c1-29(36(33,34)26-11-7-4-8-12-26)27(24-13-15-25(35-2)16-14-24)21-28(32)31-19-17-30(18-20-31)22-23-9-5-3-6-10-23/h3-16,27H,17-22H2,1-2H3/t27-/m0/s1. The summed E-state index contributed by atoms with van der Waals surface area (Å²) < 4.78 is 33.4. The Labute approximate surface area is 214 Å². The van der Waals surface area contributed by atoms with Crippen molar-refractivity contribution in [2.24, 2.45) is 0 Å². The van der Waals surface area contributed by atoms with Gasteiger partial charge in [0.05, 0.1) is 18.0 Å². The molecule has 1 fully saturated rings. The van der Waals surface area contributed by atoms with Gasteiger partial charge in [0.1, 0.15) is 5.75 Å². The van der Waals surface area contributed by atoms with Crippen LogP contribution in [0, 0.1) is 0 Å². The van der Waals surface area contributed by atoms with Crippen molar-refractivity contribution in [3.63, 3.8) is 0 Å². The number of amides is 1. The van der Waals surface area contributed by atoms with Gasteiger partial charge in [0, 0.05) is 46.2 Å². The first-order valence-corrected chi connectivity index (χ1v) is 13.5. The number of carbonyl (C=O) groups excluding carboxylic acids is 1. The maximum Gasteiger partial charge on any atom is 0.243 e. The van der Waals surface area contributed by atoms with E-state index in [4.69, 9.17) is 4.74 Å². The van der Waals surface area contributed by atoms with Crippen LogP contribution in [0.5, 0.6) is 5.75 Å². The molecule has 36 heavy (non-hydrogen) atoms. The molecule has 8 heteroatoms. The minimum atomic E-state index is -3.80. The first kappa shape index (κ1) is 25.9. The molecule has 0 N–H and O–H groups in total. The van der Waals surface area contributed by atoms with Crippen LogP contribution in [-0.4, -0.2) is 68.8 Å². The van der Waals surface area contributed by atoms with E-state index in [0.717, 1.165) is 25.2 Å². The van der Waals surface area contributed by atoms with Gasteiger partial charge in [-0.25, -0.2) is 8.42 Å². The van der Waals surface area contributed by atoms with Gasteiger partial charge >= 0.3 is 0 Å². The summed E-state index contributed by atoms with van der Waals surface area (Å²) in [4.78, 5) is 17.8. The van der Waals surface area contributed by atoms with Gasteiger partial charge in [0.25, 0.3) is 0 Å². The Morgan fingerprint density at radius 3 is 2.06 bits per heavy atom. The van der Waals surface area contributed by atoms with Gasteiger partial charge in [-0.2, -0.15) is 4.31 Å². The van der Waals surface area contributed by atoms with Crippen molar-refractivity contribution in [3.8, 4) is 5.75 Å². The number of ether oxygens (including phenoxy) is 1. The Morgan fingerprint density at radius 1 is 0.889 bits per heavy atom. The molecule has 1 aliphatic heterocycles. The molecule has 1 heterocycles. The zero-order valence-electron chi connectivity index (χ0n) is 20.8. The summed E-state index contributed by atoms with van der Waals surface area (Å²) in [6, 6.07) is 25.2. The average molecular weight is 508 g/mol. The van der Waals surface area contributed by atoms with E-state index < -0.39 is 16.1 Å². The fourth-order valence-electron chi connectivity index (χ4n) is 4.50. The van der Waals surface area contributed by atoms with E-state index in [9.17, 15) is 13.2 Å². The first-order valence-electron chi connectivity index (χ1n) is 12.1. The fourth-order valence-corrected chi connectivity index (χ4v) is 5.87. The summed E-state index contributed by atoms with van der Waals surface area (Å²) in [5, 5.41) is 0. The molecule has 0 spiro atoms. The molecule has 4 rings (SSSR count). The highest BCUT2D eigenvalue weighted by Crippen LogP contribution is 2.31. The van der Waals surface area contributed by atoms with E-state index >= 15 is 0 Å². The topological polar surface area (TPSA) is 70.2 Å². The zero-order chi connectivity index (χ0) is 25.5. The van der Waals surface area contributed by atoms with E-state index in [1.807, 2.05) is 35.2 Å². The van der Waals surface area contributed by atoms with Crippen LogP contribution in [0.4, 0.5) is 0 Å². The third kappa shape index (κ3) is 6.13. The molecule has 3 aromatic rings. The van der Waals surface area contributed by atoms with Crippen LogP contribution in [0.1, 0.15) is 23.6 Å². The van der Waals surface area contributed by atoms with Gasteiger partial charge in [-0.15, -0.1) is 0 Å². The fraction of sp³-hybridized carbons (Fsp3) is 0.321. The Hall–Kier alpha value is -3.20. The number of hydrogen-bond donors (Lipinski definition) is 0. The van der Waals surface area contributed by atoms with Crippen molar-refractivity contribution >= 4 is 15.9 Å². The number of carbonyl (C=O) groups is 1. The summed E-state index contributed by atoms with van der Waals surface area (Å²) in [6.45, 7) is 3.67. The number of rotatable bonds is 9. The molecule has 1 aliphatic rings. The highest BCUT2D eigenvalue weighted by molar-refractivity contribution is 7.89. The van der Waals surface area contributed by atoms with Crippen LogP contribution in [0.25, 0.3) is 0 Å². The van der Waals surface area contributed by atoms with E-state index in [-0.39, 0.29) is 17.2 Å². The lowest BCUT2D eigenvalue weighted by atomic mass is 10.0. The minimum Gasteiger partial charge on any atom is -0.497 e. The highest BCUT2D eigenvalue weighted by atomic mass is 32.2. The molecule has 0 aromatic heterocycles. The first-order chi connectivity index (χ1) is 17.4. The largest absolute Gasteiger partial charge is 0.497 e. The van der Waals surface area contributed by atoms with Crippen molar-refractivity contribution in [1.82, 2.24) is 14.1 Å². The van der Waals surface area contributed by atoms with Crippen LogP contribution in [0.3, 0.4) is 0 Å². The molecule has 1 amide bonds. The Morgan fingerprint density at radius 2 is 1.47 bits per heavy atom. The number of sulfonamides is 1. The van der Waals surface area contributed by atoms with Crippen LogP contribution in [0.15, 0.2) is 89.8 Å². The van der Waals surface area contributed by atoms with Crippen molar-refractivity contribution < 1.29 is 17.9 Å². The normalized spacial score (nSPS) is 15.6. The van der Waals surface area contributed by atoms with E-state index in [0.29, 0.717) is 18.8 Å². The van der Waals surface area contributed by atoms with Gasteiger partial charge in [0.15, 0.2) is 0 Å². The predicted octanol–water partition coefficient (Wildman–Crippen LogP) is 3.79. The molecule has 190 valence electrons. The molecular weight excluding hydrogens is 474 g/mol. The maximum absolute atomic E-state index is 13.4. The van der Waals surface area contributed by atoms with Crippen molar-refractivity contribution in [2.45, 2.75) is 23.9 Å². The number of nitrogens with zero attached hydrogens (tertiary/aromatic N) is 3. The molecular formula is C28H33N3O4S. The SMILES string of the molecule is COc1ccc([C@H](CC(=O)N2CCN(Cc3ccccc3)CC2)N(C)S(=O)(=O)c2ccccc2)cc1. The van der Waals surface area contributed by atoms with E-state index in [1.54, 1.807) is 56.6 Å². The van der Waals surface area contributed by atoms with E-state index in [2.05, 4.69) is 17.0 Å². The van der Waals surface area contributed by atoms with Crippen LogP contribution in [0.2, 0.25) is 0 Å². The van der Waals surface area contributed by atoms with Crippen molar-refractivity contribution in [1.29, 1.82) is 0 Å². The molecule has 0 aliphatic carbocycles. The van der Waals surface area contributed by atoms with Gasteiger partial charge in [-0.3, -0.25) is 9.69 Å². The van der Waals surface area contributed by atoms with Crippen LogP contribution in [-0.2, 0) is 21.4 Å². The molecule has 0 saturated carbocycles. The lowest BCUT2D eigenvalue weighted by Crippen LogP contribution is -2.49. The Bertz CT molecular complexity index is 1230. The molecule has 3 aromatic carbocycles. The second-order valence-corrected chi connectivity index (χ2v) is 11.0. The van der Waals surface area contributed by atoms with Gasteiger partial charge < -0.3 is 9.64 Å². The van der Waals surface area contributed by atoms with Gasteiger partial charge in [-0.1, -0.05) is 60.7 Å². The monoisotopic (exact) mass is 507 g/mol. The maximum atomic E-state index is 13.4. The Balaban J connectivity index is 1.48. The highest BCUT2D eigenvalue weighted by Gasteiger charge is 2.32. The zero-order valence-corrected chi connectivity index (χ0v) is 21.6. The summed E-state index contributed by atoms with van der Waals surface area (Å²) in [5.74, 6) is 0.622. The molecule has 0 unspecified atom stereocenters. The number of hydrogen-bond acceptors (Lipinski definition) is 5. The number of benzene rings is 3. The Kier molecular flexibility index (Phi) is 8.40. The van der Waals surface area contributed by atoms with Crippen molar-refractivity contribution in [2.75, 3.05) is 40.3 Å². The third-order valence-electron chi connectivity index (χ3n) is 6.70. The molecule has 1 atom stereocenters. The van der Waals surface area contributed by atoms with Crippen LogP contribution < -0.4 is 4.74 Å². The van der Waals surface area contributed by atoms with Gasteiger partial charge in [-0.05, 0) is 35.4 Å². The summed E-state index contributed by atoms with van der Waals surface area (Å²) in [7, 11) is -0.672.